The lowest BCUT2D eigenvalue weighted by atomic mass is 10.1. The van der Waals surface area contributed by atoms with Gasteiger partial charge in [-0.1, -0.05) is 6.07 Å². The van der Waals surface area contributed by atoms with Gasteiger partial charge in [-0.3, -0.25) is 4.79 Å². The SMILES string of the molecule is COc1ccc(CC(=O)N2CCC(Oc3ncccc3Br)CC2)cc1OC. The summed E-state index contributed by atoms with van der Waals surface area (Å²) in [6.07, 6.45) is 3.71. The van der Waals surface area contributed by atoms with Gasteiger partial charge in [-0.15, -0.1) is 0 Å². The molecule has 1 fully saturated rings. The predicted octanol–water partition coefficient (Wildman–Crippen LogP) is 3.47. The van der Waals surface area contributed by atoms with Crippen LogP contribution in [-0.2, 0) is 11.2 Å². The van der Waals surface area contributed by atoms with E-state index in [1.807, 2.05) is 35.2 Å². The molecule has 1 saturated heterocycles. The third-order valence-corrected chi connectivity index (χ3v) is 5.20. The molecule has 0 unspecified atom stereocenters. The highest BCUT2D eigenvalue weighted by atomic mass is 79.9. The van der Waals surface area contributed by atoms with Crippen LogP contribution in [0.1, 0.15) is 18.4 Å². The van der Waals surface area contributed by atoms with Gasteiger partial charge >= 0.3 is 0 Å². The number of hydrogen-bond acceptors (Lipinski definition) is 5. The second-order valence-corrected chi connectivity index (χ2v) is 7.21. The number of pyridine rings is 1. The molecule has 6 nitrogen and oxygen atoms in total. The van der Waals surface area contributed by atoms with Gasteiger partial charge in [-0.05, 0) is 45.8 Å². The maximum absolute atomic E-state index is 12.6. The summed E-state index contributed by atoms with van der Waals surface area (Å²) < 4.78 is 17.4. The third kappa shape index (κ3) is 4.91. The highest BCUT2D eigenvalue weighted by Gasteiger charge is 2.25. The van der Waals surface area contributed by atoms with Gasteiger partial charge in [0, 0.05) is 32.1 Å². The smallest absolute Gasteiger partial charge is 0.228 e. The normalized spacial score (nSPS) is 14.7. The Morgan fingerprint density at radius 3 is 2.59 bits per heavy atom. The highest BCUT2D eigenvalue weighted by Crippen LogP contribution is 2.28. The lowest BCUT2D eigenvalue weighted by Crippen LogP contribution is -2.42. The number of halogens is 1. The Morgan fingerprint density at radius 1 is 1.19 bits per heavy atom. The van der Waals surface area contributed by atoms with E-state index in [9.17, 15) is 4.79 Å². The van der Waals surface area contributed by atoms with Crippen molar-refractivity contribution in [1.82, 2.24) is 9.88 Å². The minimum atomic E-state index is 0.0707. The van der Waals surface area contributed by atoms with E-state index in [1.54, 1.807) is 20.4 Å². The molecular weight excluding hydrogens is 412 g/mol. The molecule has 1 aromatic carbocycles. The average molecular weight is 435 g/mol. The van der Waals surface area contributed by atoms with E-state index in [-0.39, 0.29) is 12.0 Å². The molecule has 1 aliphatic rings. The zero-order valence-corrected chi connectivity index (χ0v) is 17.1. The summed E-state index contributed by atoms with van der Waals surface area (Å²) in [4.78, 5) is 18.8. The van der Waals surface area contributed by atoms with Gasteiger partial charge in [0.1, 0.15) is 6.10 Å². The number of methoxy groups -OCH3 is 2. The molecule has 1 aromatic heterocycles. The molecule has 7 heteroatoms. The molecule has 3 rings (SSSR count). The maximum Gasteiger partial charge on any atom is 0.228 e. The number of amides is 1. The number of carbonyl (C=O) groups is 1. The summed E-state index contributed by atoms with van der Waals surface area (Å²) in [5.74, 6) is 2.01. The largest absolute Gasteiger partial charge is 0.493 e. The van der Waals surface area contributed by atoms with Crippen LogP contribution in [-0.4, -0.2) is 49.2 Å². The van der Waals surface area contributed by atoms with Crippen molar-refractivity contribution in [1.29, 1.82) is 0 Å². The number of rotatable bonds is 6. The fraction of sp³-hybridized carbons (Fsp3) is 0.400. The topological polar surface area (TPSA) is 60.9 Å². The van der Waals surface area contributed by atoms with E-state index in [4.69, 9.17) is 14.2 Å². The predicted molar refractivity (Wildman–Crippen MR) is 105 cm³/mol. The molecule has 2 heterocycles. The molecule has 0 radical (unpaired) electrons. The van der Waals surface area contributed by atoms with E-state index in [2.05, 4.69) is 20.9 Å². The molecular formula is C20H23BrN2O4. The van der Waals surface area contributed by atoms with Crippen LogP contribution in [0.4, 0.5) is 0 Å². The first-order valence-electron chi connectivity index (χ1n) is 8.86. The Balaban J connectivity index is 1.53. The minimum Gasteiger partial charge on any atom is -0.493 e. The van der Waals surface area contributed by atoms with Crippen molar-refractivity contribution in [2.45, 2.75) is 25.4 Å². The molecule has 0 spiro atoms. The van der Waals surface area contributed by atoms with E-state index in [0.29, 0.717) is 36.9 Å². The van der Waals surface area contributed by atoms with Crippen molar-refractivity contribution in [3.05, 3.63) is 46.6 Å². The van der Waals surface area contributed by atoms with Crippen molar-refractivity contribution in [2.75, 3.05) is 27.3 Å². The Kier molecular flexibility index (Phi) is 6.55. The standard InChI is InChI=1S/C20H23BrN2O4/c1-25-17-6-5-14(12-18(17)26-2)13-19(24)23-10-7-15(8-11-23)27-20-16(21)4-3-9-22-20/h3-6,9,12,15H,7-8,10-11,13H2,1-2H3. The number of ether oxygens (including phenoxy) is 3. The average Bonchev–Trinajstić information content (AvgIpc) is 2.70. The zero-order valence-electron chi connectivity index (χ0n) is 15.5. The van der Waals surface area contributed by atoms with Crippen LogP contribution in [0.5, 0.6) is 17.4 Å². The molecule has 0 atom stereocenters. The molecule has 0 aliphatic carbocycles. The maximum atomic E-state index is 12.6. The van der Waals surface area contributed by atoms with Crippen LogP contribution >= 0.6 is 15.9 Å². The number of nitrogens with zero attached hydrogens (tertiary/aromatic N) is 2. The Bertz CT molecular complexity index is 791. The zero-order chi connectivity index (χ0) is 19.2. The second-order valence-electron chi connectivity index (χ2n) is 6.35. The van der Waals surface area contributed by atoms with Crippen molar-refractivity contribution >= 4 is 21.8 Å². The van der Waals surface area contributed by atoms with Gasteiger partial charge in [-0.25, -0.2) is 4.98 Å². The van der Waals surface area contributed by atoms with Crippen molar-refractivity contribution in [3.8, 4) is 17.4 Å². The van der Waals surface area contributed by atoms with Gasteiger partial charge in [0.25, 0.3) is 0 Å². The number of hydrogen-bond donors (Lipinski definition) is 0. The van der Waals surface area contributed by atoms with Gasteiger partial charge in [0.2, 0.25) is 11.8 Å². The number of likely N-dealkylation sites (tertiary alicyclic amines) is 1. The summed E-state index contributed by atoms with van der Waals surface area (Å²) in [6.45, 7) is 1.36. The minimum absolute atomic E-state index is 0.0707. The van der Waals surface area contributed by atoms with E-state index >= 15 is 0 Å². The summed E-state index contributed by atoms with van der Waals surface area (Å²) in [5, 5.41) is 0. The van der Waals surface area contributed by atoms with Gasteiger partial charge < -0.3 is 19.1 Å². The van der Waals surface area contributed by atoms with E-state index < -0.39 is 0 Å². The lowest BCUT2D eigenvalue weighted by Gasteiger charge is -2.32. The molecule has 0 N–H and O–H groups in total. The van der Waals surface area contributed by atoms with Crippen LogP contribution in [0.25, 0.3) is 0 Å². The summed E-state index contributed by atoms with van der Waals surface area (Å²) >= 11 is 3.45. The van der Waals surface area contributed by atoms with E-state index in [1.165, 1.54) is 0 Å². The first kappa shape index (κ1) is 19.5. The molecule has 144 valence electrons. The summed E-state index contributed by atoms with van der Waals surface area (Å²) in [6, 6.07) is 9.33. The Morgan fingerprint density at radius 2 is 1.93 bits per heavy atom. The quantitative estimate of drug-likeness (QED) is 0.696. The lowest BCUT2D eigenvalue weighted by molar-refractivity contribution is -0.132. The molecule has 1 aliphatic heterocycles. The van der Waals surface area contributed by atoms with Crippen LogP contribution in [0, 0.1) is 0 Å². The molecule has 2 aromatic rings. The second kappa shape index (κ2) is 9.08. The highest BCUT2D eigenvalue weighted by molar-refractivity contribution is 9.10. The molecule has 1 amide bonds. The number of carbonyl (C=O) groups excluding carboxylic acids is 1. The van der Waals surface area contributed by atoms with Crippen LogP contribution in [0.15, 0.2) is 41.0 Å². The number of piperidine rings is 1. The fourth-order valence-corrected chi connectivity index (χ4v) is 3.46. The molecule has 0 bridgehead atoms. The van der Waals surface area contributed by atoms with Crippen LogP contribution in [0.2, 0.25) is 0 Å². The van der Waals surface area contributed by atoms with Gasteiger partial charge in [0.15, 0.2) is 11.5 Å². The van der Waals surface area contributed by atoms with Crippen molar-refractivity contribution in [3.63, 3.8) is 0 Å². The van der Waals surface area contributed by atoms with Crippen LogP contribution in [0.3, 0.4) is 0 Å². The summed E-state index contributed by atoms with van der Waals surface area (Å²) in [5.41, 5.74) is 0.911. The first-order chi connectivity index (χ1) is 13.1. The first-order valence-corrected chi connectivity index (χ1v) is 9.66. The van der Waals surface area contributed by atoms with E-state index in [0.717, 1.165) is 22.9 Å². The van der Waals surface area contributed by atoms with Gasteiger partial charge in [-0.2, -0.15) is 0 Å². The molecule has 27 heavy (non-hydrogen) atoms. The van der Waals surface area contributed by atoms with Crippen LogP contribution < -0.4 is 14.2 Å². The Hall–Kier alpha value is -2.28. The Labute approximate surface area is 167 Å². The van der Waals surface area contributed by atoms with Gasteiger partial charge in [0.05, 0.1) is 25.1 Å². The monoisotopic (exact) mass is 434 g/mol. The van der Waals surface area contributed by atoms with Crippen molar-refractivity contribution < 1.29 is 19.0 Å². The third-order valence-electron chi connectivity index (χ3n) is 4.60. The fourth-order valence-electron chi connectivity index (χ4n) is 3.12. The summed E-state index contributed by atoms with van der Waals surface area (Å²) in [7, 11) is 3.19. The van der Waals surface area contributed by atoms with Crippen molar-refractivity contribution in [2.24, 2.45) is 0 Å². The number of benzene rings is 1. The number of aromatic nitrogens is 1. The molecule has 0 saturated carbocycles.